The van der Waals surface area contributed by atoms with Crippen LogP contribution >= 0.6 is 0 Å². The van der Waals surface area contributed by atoms with Crippen LogP contribution in [-0.4, -0.2) is 17.9 Å². The first-order chi connectivity index (χ1) is 4.26. The van der Waals surface area contributed by atoms with E-state index >= 15 is 0 Å². The van der Waals surface area contributed by atoms with Gasteiger partial charge in [-0.05, 0) is 12.8 Å². The summed E-state index contributed by atoms with van der Waals surface area (Å²) in [5.74, 6) is -0.144. The summed E-state index contributed by atoms with van der Waals surface area (Å²) in [5, 5.41) is 9.08. The van der Waals surface area contributed by atoms with E-state index in [9.17, 15) is 4.39 Å². The molecule has 0 spiro atoms. The summed E-state index contributed by atoms with van der Waals surface area (Å²) in [6, 6.07) is 0. The topological polar surface area (TPSA) is 20.2 Å². The average molecular weight is 134 g/mol. The van der Waals surface area contributed by atoms with Crippen LogP contribution < -0.4 is 0 Å². The first-order valence-corrected chi connectivity index (χ1v) is 3.50. The van der Waals surface area contributed by atoms with Gasteiger partial charge in [0.05, 0.1) is 12.8 Å². The maximum atomic E-state index is 11.9. The fraction of sp³-hybridized carbons (Fsp3) is 1.00. The van der Waals surface area contributed by atoms with Crippen molar-refractivity contribution in [2.75, 3.05) is 6.67 Å². The summed E-state index contributed by atoms with van der Waals surface area (Å²) in [6.45, 7) is 3.36. The molecule has 0 rings (SSSR count). The number of alkyl halides is 1. The van der Waals surface area contributed by atoms with E-state index in [1.807, 2.05) is 13.8 Å². The SMILES string of the molecule is CCC(O)C(CC)CF. The maximum absolute atomic E-state index is 11.9. The molecule has 2 atom stereocenters. The zero-order chi connectivity index (χ0) is 7.28. The molecule has 9 heavy (non-hydrogen) atoms. The van der Waals surface area contributed by atoms with Gasteiger partial charge in [-0.25, -0.2) is 0 Å². The largest absolute Gasteiger partial charge is 0.393 e. The second-order valence-corrected chi connectivity index (χ2v) is 2.30. The molecule has 0 saturated heterocycles. The third-order valence-corrected chi connectivity index (χ3v) is 1.69. The van der Waals surface area contributed by atoms with E-state index in [1.165, 1.54) is 0 Å². The van der Waals surface area contributed by atoms with Crippen LogP contribution in [0.2, 0.25) is 0 Å². The molecule has 2 unspecified atom stereocenters. The molecular weight excluding hydrogens is 119 g/mol. The van der Waals surface area contributed by atoms with E-state index in [2.05, 4.69) is 0 Å². The van der Waals surface area contributed by atoms with Gasteiger partial charge in [-0.2, -0.15) is 0 Å². The molecule has 1 nitrogen and oxygen atoms in total. The Morgan fingerprint density at radius 2 is 1.89 bits per heavy atom. The van der Waals surface area contributed by atoms with Crippen LogP contribution in [0.5, 0.6) is 0 Å². The quantitative estimate of drug-likeness (QED) is 0.621. The Kier molecular flexibility index (Phi) is 4.68. The van der Waals surface area contributed by atoms with Crippen LogP contribution in [0, 0.1) is 5.92 Å². The zero-order valence-corrected chi connectivity index (χ0v) is 6.10. The van der Waals surface area contributed by atoms with Crippen molar-refractivity contribution >= 4 is 0 Å². The van der Waals surface area contributed by atoms with Gasteiger partial charge in [0.1, 0.15) is 0 Å². The minimum atomic E-state index is -0.444. The molecular formula is C7H15FO. The van der Waals surface area contributed by atoms with Gasteiger partial charge in [-0.15, -0.1) is 0 Å². The molecule has 2 heteroatoms. The summed E-state index contributed by atoms with van der Waals surface area (Å²) in [4.78, 5) is 0. The van der Waals surface area contributed by atoms with Crippen LogP contribution in [0.1, 0.15) is 26.7 Å². The second-order valence-electron chi connectivity index (χ2n) is 2.30. The molecule has 56 valence electrons. The van der Waals surface area contributed by atoms with Gasteiger partial charge in [-0.1, -0.05) is 13.8 Å². The summed E-state index contributed by atoms with van der Waals surface area (Å²) >= 11 is 0. The monoisotopic (exact) mass is 134 g/mol. The molecule has 0 aliphatic rings. The van der Waals surface area contributed by atoms with E-state index < -0.39 is 12.8 Å². The van der Waals surface area contributed by atoms with E-state index in [1.54, 1.807) is 0 Å². The Morgan fingerprint density at radius 1 is 1.33 bits per heavy atom. The van der Waals surface area contributed by atoms with E-state index in [0.29, 0.717) is 6.42 Å². The first kappa shape index (κ1) is 8.89. The van der Waals surface area contributed by atoms with E-state index in [0.717, 1.165) is 6.42 Å². The van der Waals surface area contributed by atoms with Crippen LogP contribution in [0.25, 0.3) is 0 Å². The molecule has 0 aromatic carbocycles. The Balaban J connectivity index is 3.50. The fourth-order valence-electron chi connectivity index (χ4n) is 0.817. The van der Waals surface area contributed by atoms with Crippen molar-refractivity contribution < 1.29 is 9.50 Å². The van der Waals surface area contributed by atoms with Gasteiger partial charge >= 0.3 is 0 Å². The summed E-state index contributed by atoms with van der Waals surface area (Å²) in [7, 11) is 0. The predicted octanol–water partition coefficient (Wildman–Crippen LogP) is 1.75. The van der Waals surface area contributed by atoms with E-state index in [4.69, 9.17) is 5.11 Å². The van der Waals surface area contributed by atoms with Crippen molar-refractivity contribution in [3.8, 4) is 0 Å². The molecule has 0 saturated carbocycles. The Bertz CT molecular complexity index is 61.9. The van der Waals surface area contributed by atoms with Gasteiger partial charge < -0.3 is 5.11 Å². The second kappa shape index (κ2) is 4.74. The van der Waals surface area contributed by atoms with Gasteiger partial charge in [0, 0.05) is 5.92 Å². The first-order valence-electron chi connectivity index (χ1n) is 3.50. The van der Waals surface area contributed by atoms with Crippen molar-refractivity contribution in [2.45, 2.75) is 32.8 Å². The lowest BCUT2D eigenvalue weighted by Crippen LogP contribution is -2.20. The smallest absolute Gasteiger partial charge is 0.0947 e. The lowest BCUT2D eigenvalue weighted by atomic mass is 9.99. The lowest BCUT2D eigenvalue weighted by molar-refractivity contribution is 0.0857. The predicted molar refractivity (Wildman–Crippen MR) is 36.1 cm³/mol. The van der Waals surface area contributed by atoms with Crippen molar-refractivity contribution in [1.29, 1.82) is 0 Å². The maximum Gasteiger partial charge on any atom is 0.0947 e. The van der Waals surface area contributed by atoms with Crippen LogP contribution in [0.15, 0.2) is 0 Å². The normalized spacial score (nSPS) is 17.3. The van der Waals surface area contributed by atoms with Gasteiger partial charge in [0.2, 0.25) is 0 Å². The molecule has 0 amide bonds. The molecule has 0 heterocycles. The Morgan fingerprint density at radius 3 is 2.00 bits per heavy atom. The number of hydrogen-bond acceptors (Lipinski definition) is 1. The Labute approximate surface area is 55.9 Å². The highest BCUT2D eigenvalue weighted by atomic mass is 19.1. The van der Waals surface area contributed by atoms with Gasteiger partial charge in [-0.3, -0.25) is 4.39 Å². The fourth-order valence-corrected chi connectivity index (χ4v) is 0.817. The van der Waals surface area contributed by atoms with Crippen molar-refractivity contribution in [2.24, 2.45) is 5.92 Å². The molecule has 1 N–H and O–H groups in total. The van der Waals surface area contributed by atoms with Crippen molar-refractivity contribution in [1.82, 2.24) is 0 Å². The van der Waals surface area contributed by atoms with Gasteiger partial charge in [0.25, 0.3) is 0 Å². The Hall–Kier alpha value is -0.110. The summed E-state index contributed by atoms with van der Waals surface area (Å²) < 4.78 is 11.9. The third kappa shape index (κ3) is 2.80. The van der Waals surface area contributed by atoms with Crippen LogP contribution in [-0.2, 0) is 0 Å². The summed E-state index contributed by atoms with van der Waals surface area (Å²) in [5.41, 5.74) is 0. The standard InChI is InChI=1S/C7H15FO/c1-3-6(5-8)7(9)4-2/h6-7,9H,3-5H2,1-2H3. The highest BCUT2D eigenvalue weighted by molar-refractivity contribution is 4.63. The highest BCUT2D eigenvalue weighted by Gasteiger charge is 2.13. The molecule has 0 bridgehead atoms. The molecule has 0 aromatic rings. The van der Waals surface area contributed by atoms with E-state index in [-0.39, 0.29) is 5.92 Å². The number of rotatable bonds is 4. The zero-order valence-electron chi connectivity index (χ0n) is 6.10. The average Bonchev–Trinajstić information content (AvgIpc) is 1.90. The molecule has 0 fully saturated rings. The molecule has 0 aromatic heterocycles. The lowest BCUT2D eigenvalue weighted by Gasteiger charge is -2.15. The van der Waals surface area contributed by atoms with Crippen molar-refractivity contribution in [3.05, 3.63) is 0 Å². The number of aliphatic hydroxyl groups is 1. The minimum Gasteiger partial charge on any atom is -0.393 e. The molecule has 0 aliphatic heterocycles. The number of hydrogen-bond donors (Lipinski definition) is 1. The van der Waals surface area contributed by atoms with Crippen LogP contribution in [0.3, 0.4) is 0 Å². The third-order valence-electron chi connectivity index (χ3n) is 1.69. The highest BCUT2D eigenvalue weighted by Crippen LogP contribution is 2.11. The van der Waals surface area contributed by atoms with Crippen LogP contribution in [0.4, 0.5) is 4.39 Å². The minimum absolute atomic E-state index is 0.144. The summed E-state index contributed by atoms with van der Waals surface area (Å²) in [6.07, 6.45) is 0.938. The van der Waals surface area contributed by atoms with Crippen molar-refractivity contribution in [3.63, 3.8) is 0 Å². The molecule has 0 aliphatic carbocycles. The van der Waals surface area contributed by atoms with Gasteiger partial charge in [0.15, 0.2) is 0 Å². The number of aliphatic hydroxyl groups excluding tert-OH is 1. The number of halogens is 1. The molecule has 0 radical (unpaired) electrons.